The van der Waals surface area contributed by atoms with Gasteiger partial charge in [0.2, 0.25) is 0 Å². The molecule has 2 atom stereocenters. The summed E-state index contributed by atoms with van der Waals surface area (Å²) in [7, 11) is 1.63. The summed E-state index contributed by atoms with van der Waals surface area (Å²) in [6, 6.07) is -0.714. The second kappa shape index (κ2) is 8.79. The number of alkyl halides is 1. The van der Waals surface area contributed by atoms with E-state index in [0.29, 0.717) is 34.1 Å². The van der Waals surface area contributed by atoms with Crippen LogP contribution in [0.4, 0.5) is 9.52 Å². The summed E-state index contributed by atoms with van der Waals surface area (Å²) in [4.78, 5) is 37.3. The lowest BCUT2D eigenvalue weighted by Crippen LogP contribution is -2.52. The Morgan fingerprint density at radius 1 is 1.47 bits per heavy atom. The van der Waals surface area contributed by atoms with Crippen molar-refractivity contribution in [3.8, 4) is 11.5 Å². The highest BCUT2D eigenvalue weighted by Gasteiger charge is 2.34. The average Bonchev–Trinajstić information content (AvgIpc) is 3.43. The number of aromatic carboxylic acids is 1. The van der Waals surface area contributed by atoms with E-state index < -0.39 is 24.1 Å². The number of carboxylic acid groups (broad SMARTS) is 1. The van der Waals surface area contributed by atoms with Crippen LogP contribution in [0.3, 0.4) is 0 Å². The van der Waals surface area contributed by atoms with E-state index >= 15 is 0 Å². The topological polar surface area (TPSA) is 129 Å². The van der Waals surface area contributed by atoms with Gasteiger partial charge in [-0.3, -0.25) is 4.79 Å². The van der Waals surface area contributed by atoms with Crippen molar-refractivity contribution in [2.45, 2.75) is 25.6 Å². The zero-order valence-electron chi connectivity index (χ0n) is 16.9. The number of aromatic nitrogens is 5. The van der Waals surface area contributed by atoms with Crippen LogP contribution in [0.1, 0.15) is 32.3 Å². The molecular formula is C18H18BrClFN7O3S. The highest BCUT2D eigenvalue weighted by molar-refractivity contribution is 9.10. The van der Waals surface area contributed by atoms with Gasteiger partial charge in [-0.2, -0.15) is 5.10 Å². The van der Waals surface area contributed by atoms with Gasteiger partial charge in [-0.25, -0.2) is 23.8 Å². The molecule has 1 aliphatic heterocycles. The number of aryl methyl sites for hydroxylation is 2. The second-order valence-electron chi connectivity index (χ2n) is 7.27. The highest BCUT2D eigenvalue weighted by atomic mass is 79.9. The molecule has 0 aliphatic carbocycles. The number of aromatic amines is 1. The monoisotopic (exact) mass is 545 g/mol. The fraction of sp³-hybridized carbons (Fsp3) is 0.389. The largest absolute Gasteiger partial charge is 0.477 e. The van der Waals surface area contributed by atoms with Crippen LogP contribution in [0, 0.1) is 6.92 Å². The van der Waals surface area contributed by atoms with Crippen LogP contribution >= 0.6 is 38.9 Å². The maximum Gasteiger partial charge on any atom is 0.348 e. The van der Waals surface area contributed by atoms with Gasteiger partial charge in [-0.15, -0.1) is 0 Å². The summed E-state index contributed by atoms with van der Waals surface area (Å²) in [6.07, 6.45) is 0.232. The van der Waals surface area contributed by atoms with Gasteiger partial charge in [-0.05, 0) is 29.3 Å². The second-order valence-corrected chi connectivity index (χ2v) is 9.42. The Balaban J connectivity index is 1.49. The van der Waals surface area contributed by atoms with Crippen LogP contribution in [0.15, 0.2) is 10.8 Å². The third kappa shape index (κ3) is 4.11. The van der Waals surface area contributed by atoms with E-state index in [2.05, 4.69) is 41.3 Å². The normalized spacial score (nSPS) is 18.7. The third-order valence-corrected chi connectivity index (χ3v) is 7.84. The predicted molar refractivity (Wildman–Crippen MR) is 120 cm³/mol. The fourth-order valence-electron chi connectivity index (χ4n) is 3.46. The van der Waals surface area contributed by atoms with E-state index in [1.54, 1.807) is 18.9 Å². The van der Waals surface area contributed by atoms with Crippen molar-refractivity contribution in [1.29, 1.82) is 0 Å². The van der Waals surface area contributed by atoms with E-state index in [9.17, 15) is 19.1 Å². The summed E-state index contributed by atoms with van der Waals surface area (Å²) < 4.78 is 17.0. The molecule has 170 valence electrons. The number of anilines is 1. The Morgan fingerprint density at radius 3 is 2.78 bits per heavy atom. The minimum absolute atomic E-state index is 0.00395. The molecule has 0 bridgehead atoms. The van der Waals surface area contributed by atoms with Crippen LogP contribution in [0.5, 0.6) is 0 Å². The maximum atomic E-state index is 15.0. The summed E-state index contributed by atoms with van der Waals surface area (Å²) >= 11 is 10.4. The molecule has 0 aromatic carbocycles. The number of nitrogens with zero attached hydrogens (tertiary/aromatic N) is 5. The Hall–Kier alpha value is -2.51. The molecule has 1 fully saturated rings. The van der Waals surface area contributed by atoms with Crippen molar-refractivity contribution in [1.82, 2.24) is 30.0 Å². The van der Waals surface area contributed by atoms with Gasteiger partial charge in [-0.1, -0.05) is 22.9 Å². The number of thiazole rings is 1. The van der Waals surface area contributed by atoms with Gasteiger partial charge in [0.1, 0.15) is 28.8 Å². The van der Waals surface area contributed by atoms with Crippen LogP contribution in [-0.4, -0.2) is 67.0 Å². The van der Waals surface area contributed by atoms with Gasteiger partial charge >= 0.3 is 5.97 Å². The summed E-state index contributed by atoms with van der Waals surface area (Å²) in [5.74, 6) is -1.32. The zero-order chi connectivity index (χ0) is 23.2. The maximum absolute atomic E-state index is 15.0. The minimum Gasteiger partial charge on any atom is -0.477 e. The Morgan fingerprint density at radius 2 is 2.22 bits per heavy atom. The first-order valence-corrected chi connectivity index (χ1v) is 11.5. The van der Waals surface area contributed by atoms with Gasteiger partial charge in [0, 0.05) is 19.3 Å². The van der Waals surface area contributed by atoms with Gasteiger partial charge in [0.15, 0.2) is 11.0 Å². The quantitative estimate of drug-likeness (QED) is 0.449. The molecule has 4 heterocycles. The van der Waals surface area contributed by atoms with Crippen molar-refractivity contribution in [2.75, 3.05) is 18.0 Å². The van der Waals surface area contributed by atoms with Gasteiger partial charge < -0.3 is 20.3 Å². The fourth-order valence-corrected chi connectivity index (χ4v) is 4.97. The lowest BCUT2D eigenvalue weighted by Gasteiger charge is -2.34. The number of H-pyrrole nitrogens is 1. The average molecular weight is 547 g/mol. The molecule has 1 aliphatic rings. The molecule has 32 heavy (non-hydrogen) atoms. The van der Waals surface area contributed by atoms with Crippen molar-refractivity contribution in [3.63, 3.8) is 0 Å². The van der Waals surface area contributed by atoms with E-state index in [-0.39, 0.29) is 27.8 Å². The number of carbonyl (C=O) groups excluding carboxylic acids is 1. The standard InChI is InChI=1S/C18H18BrClFN7O3S/c1-7-10(19)11(20)12(24-7)16(29)25-9-3-4-28(5-8(9)21)18-26-13(14(32-18)17(30)31)15-22-6-23-27(15)2/h6,8-9,24H,3-5H2,1-2H3,(H,25,29)(H,30,31)/t8-,9+/m0/s1. The number of rotatable bonds is 5. The molecular weight excluding hydrogens is 529 g/mol. The molecule has 3 N–H and O–H groups in total. The van der Waals surface area contributed by atoms with Crippen molar-refractivity contribution < 1.29 is 19.1 Å². The molecule has 10 nitrogen and oxygen atoms in total. The van der Waals surface area contributed by atoms with Crippen molar-refractivity contribution >= 4 is 55.9 Å². The molecule has 3 aromatic rings. The molecule has 0 spiro atoms. The molecule has 0 radical (unpaired) electrons. The van der Waals surface area contributed by atoms with E-state index in [0.717, 1.165) is 11.3 Å². The number of amides is 1. The molecule has 1 saturated heterocycles. The summed E-state index contributed by atoms with van der Waals surface area (Å²) in [5.41, 5.74) is 1.05. The first kappa shape index (κ1) is 22.7. The number of carboxylic acids is 1. The Labute approximate surface area is 198 Å². The number of carbonyl (C=O) groups is 2. The number of hydrogen-bond acceptors (Lipinski definition) is 7. The number of piperidine rings is 1. The lowest BCUT2D eigenvalue weighted by atomic mass is 10.0. The van der Waals surface area contributed by atoms with Crippen LogP contribution in [0.25, 0.3) is 11.5 Å². The SMILES string of the molecule is Cc1[nH]c(C(=O)N[C@@H]2CCN(c3nc(-c4ncnn4C)c(C(=O)O)s3)C[C@@H]2F)c(Cl)c1Br. The lowest BCUT2D eigenvalue weighted by molar-refractivity contribution is 0.0702. The molecule has 0 unspecified atom stereocenters. The summed E-state index contributed by atoms with van der Waals surface area (Å²) in [6.45, 7) is 2.10. The number of halogens is 3. The minimum atomic E-state index is -1.39. The van der Waals surface area contributed by atoms with E-state index in [1.807, 2.05) is 0 Å². The summed E-state index contributed by atoms with van der Waals surface area (Å²) in [5, 5.41) is 16.8. The van der Waals surface area contributed by atoms with Gasteiger partial charge in [0.25, 0.3) is 5.91 Å². The number of nitrogens with one attached hydrogen (secondary N) is 2. The van der Waals surface area contributed by atoms with E-state index in [1.165, 1.54) is 11.0 Å². The van der Waals surface area contributed by atoms with Crippen LogP contribution in [-0.2, 0) is 7.05 Å². The first-order valence-electron chi connectivity index (χ1n) is 9.49. The van der Waals surface area contributed by atoms with Crippen LogP contribution in [0.2, 0.25) is 5.02 Å². The molecule has 4 rings (SSSR count). The smallest absolute Gasteiger partial charge is 0.348 e. The third-order valence-electron chi connectivity index (χ3n) is 5.14. The zero-order valence-corrected chi connectivity index (χ0v) is 20.1. The first-order chi connectivity index (χ1) is 15.2. The van der Waals surface area contributed by atoms with Crippen LogP contribution < -0.4 is 10.2 Å². The number of hydrogen-bond donors (Lipinski definition) is 3. The molecule has 3 aromatic heterocycles. The molecule has 1 amide bonds. The van der Waals surface area contributed by atoms with Crippen molar-refractivity contribution in [3.05, 3.63) is 32.1 Å². The Kier molecular flexibility index (Phi) is 6.23. The molecule has 14 heteroatoms. The van der Waals surface area contributed by atoms with E-state index in [4.69, 9.17) is 11.6 Å². The Bertz CT molecular complexity index is 1200. The van der Waals surface area contributed by atoms with Gasteiger partial charge in [0.05, 0.1) is 22.1 Å². The molecule has 0 saturated carbocycles. The highest BCUT2D eigenvalue weighted by Crippen LogP contribution is 2.34. The predicted octanol–water partition coefficient (Wildman–Crippen LogP) is 3.04. The van der Waals surface area contributed by atoms with Crippen molar-refractivity contribution in [2.24, 2.45) is 7.05 Å².